The number of halogens is 2. The van der Waals surface area contributed by atoms with Gasteiger partial charge in [0.25, 0.3) is 5.91 Å². The number of H-pyrrole nitrogens is 1. The van der Waals surface area contributed by atoms with Crippen molar-refractivity contribution in [1.29, 1.82) is 0 Å². The third kappa shape index (κ3) is 7.19. The molecule has 2 heterocycles. The van der Waals surface area contributed by atoms with Gasteiger partial charge in [0, 0.05) is 18.8 Å². The Bertz CT molecular complexity index is 1590. The summed E-state index contributed by atoms with van der Waals surface area (Å²) in [4.78, 5) is 24.7. The Hall–Kier alpha value is -3.90. The molecule has 0 aliphatic rings. The first-order valence-electron chi connectivity index (χ1n) is 13.0. The molecular weight excluding hydrogens is 540 g/mol. The van der Waals surface area contributed by atoms with Crippen molar-refractivity contribution in [1.82, 2.24) is 15.0 Å². The predicted octanol–water partition coefficient (Wildman–Crippen LogP) is 5.67. The van der Waals surface area contributed by atoms with Gasteiger partial charge < -0.3 is 15.0 Å². The summed E-state index contributed by atoms with van der Waals surface area (Å²) < 4.78 is 61.1. The van der Waals surface area contributed by atoms with Crippen LogP contribution in [0.5, 0.6) is 0 Å². The quantitative estimate of drug-likeness (QED) is 0.178. The Kier molecular flexibility index (Phi) is 9.43. The monoisotopic (exact) mass is 571 g/mol. The Morgan fingerprint density at radius 2 is 1.82 bits per heavy atom. The molecule has 212 valence electrons. The second kappa shape index (κ2) is 13.0. The lowest BCUT2D eigenvalue weighted by Crippen LogP contribution is -2.20. The van der Waals surface area contributed by atoms with Crippen molar-refractivity contribution in [2.45, 2.75) is 39.5 Å². The van der Waals surface area contributed by atoms with Gasteiger partial charge in [-0.25, -0.2) is 27.2 Å². The molecule has 0 atom stereocenters. The molecule has 0 saturated carbocycles. The molecular formula is C28H31F2N5O4S. The SMILES string of the molecule is CCCOCCCc1ccc(-c2nc3ncc(NC(=O)c4c(F)ccc(NS(=O)(=O)CCC)c4F)cc3[nH]2)cc1. The van der Waals surface area contributed by atoms with Gasteiger partial charge in [0.05, 0.1) is 28.8 Å². The van der Waals surface area contributed by atoms with Gasteiger partial charge in [-0.05, 0) is 49.4 Å². The zero-order chi connectivity index (χ0) is 28.7. The molecule has 4 aromatic rings. The molecule has 2 aromatic carbocycles. The van der Waals surface area contributed by atoms with Crippen LogP contribution in [0.3, 0.4) is 0 Å². The Morgan fingerprint density at radius 1 is 1.05 bits per heavy atom. The van der Waals surface area contributed by atoms with E-state index in [2.05, 4.69) is 31.9 Å². The molecule has 12 heteroatoms. The van der Waals surface area contributed by atoms with Crippen LogP contribution in [0, 0.1) is 11.6 Å². The number of imidazole rings is 1. The van der Waals surface area contributed by atoms with E-state index in [4.69, 9.17) is 4.74 Å². The van der Waals surface area contributed by atoms with E-state index in [-0.39, 0.29) is 11.4 Å². The van der Waals surface area contributed by atoms with Crippen molar-refractivity contribution in [2.75, 3.05) is 29.0 Å². The summed E-state index contributed by atoms with van der Waals surface area (Å²) in [6.07, 6.45) is 4.47. The molecule has 40 heavy (non-hydrogen) atoms. The summed E-state index contributed by atoms with van der Waals surface area (Å²) >= 11 is 0. The molecule has 2 aromatic heterocycles. The van der Waals surface area contributed by atoms with Crippen LogP contribution in [0.25, 0.3) is 22.6 Å². The lowest BCUT2D eigenvalue weighted by Gasteiger charge is -2.12. The van der Waals surface area contributed by atoms with Crippen molar-refractivity contribution < 1.29 is 26.7 Å². The highest BCUT2D eigenvalue weighted by atomic mass is 32.2. The third-order valence-electron chi connectivity index (χ3n) is 5.98. The van der Waals surface area contributed by atoms with E-state index >= 15 is 0 Å². The number of nitrogens with zero attached hydrogens (tertiary/aromatic N) is 2. The number of aromatic amines is 1. The highest BCUT2D eigenvalue weighted by Crippen LogP contribution is 2.25. The Morgan fingerprint density at radius 3 is 2.55 bits per heavy atom. The largest absolute Gasteiger partial charge is 0.381 e. The van der Waals surface area contributed by atoms with Crippen LogP contribution < -0.4 is 10.0 Å². The molecule has 0 fully saturated rings. The summed E-state index contributed by atoms with van der Waals surface area (Å²) in [7, 11) is -3.85. The van der Waals surface area contributed by atoms with E-state index in [0.717, 1.165) is 50.2 Å². The number of carbonyl (C=O) groups excluding carboxylic acids is 1. The molecule has 1 amide bonds. The molecule has 0 unspecified atom stereocenters. The van der Waals surface area contributed by atoms with Crippen LogP contribution in [0.4, 0.5) is 20.2 Å². The van der Waals surface area contributed by atoms with Crippen LogP contribution in [0.1, 0.15) is 49.0 Å². The van der Waals surface area contributed by atoms with E-state index in [0.29, 0.717) is 23.4 Å². The minimum absolute atomic E-state index is 0.170. The van der Waals surface area contributed by atoms with Crippen molar-refractivity contribution in [3.63, 3.8) is 0 Å². The smallest absolute Gasteiger partial charge is 0.261 e. The fourth-order valence-corrected chi connectivity index (χ4v) is 5.21. The Balaban J connectivity index is 1.47. The second-order valence-corrected chi connectivity index (χ2v) is 11.1. The van der Waals surface area contributed by atoms with Gasteiger partial charge >= 0.3 is 0 Å². The first kappa shape index (κ1) is 29.1. The van der Waals surface area contributed by atoms with Crippen LogP contribution in [0.2, 0.25) is 0 Å². The molecule has 0 saturated heterocycles. The number of aryl methyl sites for hydroxylation is 1. The highest BCUT2D eigenvalue weighted by Gasteiger charge is 2.23. The van der Waals surface area contributed by atoms with Crippen molar-refractivity contribution in [3.05, 3.63) is 71.4 Å². The number of aromatic nitrogens is 3. The zero-order valence-corrected chi connectivity index (χ0v) is 23.1. The number of rotatable bonds is 13. The fraction of sp³-hybridized carbons (Fsp3) is 0.321. The maximum absolute atomic E-state index is 15.0. The summed E-state index contributed by atoms with van der Waals surface area (Å²) in [6.45, 7) is 5.23. The number of pyridine rings is 1. The molecule has 0 aliphatic heterocycles. The van der Waals surface area contributed by atoms with Crippen LogP contribution in [-0.4, -0.2) is 48.2 Å². The predicted molar refractivity (Wildman–Crippen MR) is 151 cm³/mol. The number of ether oxygens (including phenoxy) is 1. The van der Waals surface area contributed by atoms with E-state index in [1.54, 1.807) is 13.0 Å². The van der Waals surface area contributed by atoms with Crippen LogP contribution in [-0.2, 0) is 21.2 Å². The fourth-order valence-electron chi connectivity index (χ4n) is 4.08. The molecule has 4 rings (SSSR count). The summed E-state index contributed by atoms with van der Waals surface area (Å²) in [5, 5.41) is 2.42. The van der Waals surface area contributed by atoms with Crippen LogP contribution in [0.15, 0.2) is 48.7 Å². The minimum Gasteiger partial charge on any atom is -0.381 e. The number of hydrogen-bond acceptors (Lipinski definition) is 6. The molecule has 0 spiro atoms. The number of nitrogens with one attached hydrogen (secondary N) is 3. The van der Waals surface area contributed by atoms with Crippen molar-refractivity contribution >= 4 is 38.5 Å². The summed E-state index contributed by atoms with van der Waals surface area (Å²) in [6, 6.07) is 11.3. The number of fused-ring (bicyclic) bond motifs is 1. The van der Waals surface area contributed by atoms with Gasteiger partial charge in [-0.2, -0.15) is 0 Å². The molecule has 9 nitrogen and oxygen atoms in total. The Labute approximate surface area is 231 Å². The average Bonchev–Trinajstić information content (AvgIpc) is 3.34. The lowest BCUT2D eigenvalue weighted by molar-refractivity contribution is 0.101. The van der Waals surface area contributed by atoms with Gasteiger partial charge in [-0.15, -0.1) is 0 Å². The van der Waals surface area contributed by atoms with E-state index in [1.807, 2.05) is 24.3 Å². The second-order valence-electron chi connectivity index (χ2n) is 9.25. The van der Waals surface area contributed by atoms with Gasteiger partial charge in [0.15, 0.2) is 11.5 Å². The number of sulfonamides is 1. The number of hydrogen-bond donors (Lipinski definition) is 3. The van der Waals surface area contributed by atoms with Crippen LogP contribution >= 0.6 is 0 Å². The normalized spacial score (nSPS) is 11.6. The number of benzene rings is 2. The van der Waals surface area contributed by atoms with Crippen molar-refractivity contribution in [2.24, 2.45) is 0 Å². The average molecular weight is 572 g/mol. The molecule has 0 aliphatic carbocycles. The van der Waals surface area contributed by atoms with Gasteiger partial charge in [0.2, 0.25) is 10.0 Å². The van der Waals surface area contributed by atoms with Crippen molar-refractivity contribution in [3.8, 4) is 11.4 Å². The topological polar surface area (TPSA) is 126 Å². The maximum atomic E-state index is 15.0. The minimum atomic E-state index is -3.85. The number of anilines is 2. The maximum Gasteiger partial charge on any atom is 0.261 e. The summed E-state index contributed by atoms with van der Waals surface area (Å²) in [5.74, 6) is -3.21. The van der Waals surface area contributed by atoms with E-state index in [9.17, 15) is 22.0 Å². The van der Waals surface area contributed by atoms with Gasteiger partial charge in [-0.3, -0.25) is 9.52 Å². The molecule has 0 radical (unpaired) electrons. The standard InChI is InChI=1S/C28H31F2N5O4S/c1-3-13-39-14-5-6-18-7-9-19(10-8-18)26-33-23-16-20(17-31-27(23)34-26)32-28(36)24-21(29)11-12-22(25(24)30)35-40(37,38)15-4-2/h7-12,16-17,35H,3-6,13-15H2,1-2H3,(H,32,36)(H,31,33,34). The number of amides is 1. The first-order valence-corrected chi connectivity index (χ1v) is 14.7. The lowest BCUT2D eigenvalue weighted by atomic mass is 10.1. The number of carbonyl (C=O) groups is 1. The zero-order valence-electron chi connectivity index (χ0n) is 22.3. The van der Waals surface area contributed by atoms with E-state index in [1.165, 1.54) is 11.8 Å². The first-order chi connectivity index (χ1) is 19.2. The van der Waals surface area contributed by atoms with Gasteiger partial charge in [0.1, 0.15) is 17.2 Å². The summed E-state index contributed by atoms with van der Waals surface area (Å²) in [5.41, 5.74) is 1.68. The highest BCUT2D eigenvalue weighted by molar-refractivity contribution is 7.92. The third-order valence-corrected chi connectivity index (χ3v) is 7.46. The van der Waals surface area contributed by atoms with Gasteiger partial charge in [-0.1, -0.05) is 38.1 Å². The molecule has 0 bridgehead atoms. The molecule has 3 N–H and O–H groups in total. The van der Waals surface area contributed by atoms with E-state index < -0.39 is 38.8 Å².